The SMILES string of the molecule is N#Cc1ccc(-n2c3ccccc3c3ccccc32)c(-c2ccc(-c3cccc(-n4c5ccc(C#N)cc5c5cc(C#N)ccc54)c3)cc2)c1. The van der Waals surface area contributed by atoms with Crippen molar-refractivity contribution in [3.05, 3.63) is 168 Å². The van der Waals surface area contributed by atoms with E-state index in [-0.39, 0.29) is 0 Å². The standard InChI is InChI=1S/C45H25N5/c46-26-29-12-19-43(50-41-10-3-1-8-36(41)37-9-2-4-11-42(37)50)38(22-29)33-17-15-32(16-18-33)34-6-5-7-35(25-34)49-44-20-13-30(27-47)23-39(44)40-24-31(28-48)14-21-45(40)49/h1-25H. The summed E-state index contributed by atoms with van der Waals surface area (Å²) in [6.07, 6.45) is 0. The first-order chi connectivity index (χ1) is 24.6. The van der Waals surface area contributed by atoms with Crippen LogP contribution in [0.15, 0.2) is 152 Å². The Morgan fingerprint density at radius 2 is 0.880 bits per heavy atom. The van der Waals surface area contributed by atoms with Gasteiger partial charge in [-0.05, 0) is 95.6 Å². The minimum Gasteiger partial charge on any atom is -0.309 e. The van der Waals surface area contributed by atoms with Gasteiger partial charge in [-0.3, -0.25) is 0 Å². The quantitative estimate of drug-likeness (QED) is 0.193. The smallest absolute Gasteiger partial charge is 0.0991 e. The van der Waals surface area contributed by atoms with Gasteiger partial charge in [-0.1, -0.05) is 72.8 Å². The minimum absolute atomic E-state index is 0.578. The van der Waals surface area contributed by atoms with E-state index >= 15 is 0 Å². The van der Waals surface area contributed by atoms with Gasteiger partial charge in [-0.2, -0.15) is 15.8 Å². The molecule has 5 heteroatoms. The van der Waals surface area contributed by atoms with Crippen LogP contribution in [0.25, 0.3) is 77.2 Å². The molecule has 9 aromatic rings. The third-order valence-corrected chi connectivity index (χ3v) is 9.60. The average Bonchev–Trinajstić information content (AvgIpc) is 3.69. The lowest BCUT2D eigenvalue weighted by molar-refractivity contribution is 1.18. The average molecular weight is 636 g/mol. The summed E-state index contributed by atoms with van der Waals surface area (Å²) in [5.74, 6) is 0. The highest BCUT2D eigenvalue weighted by Crippen LogP contribution is 2.38. The van der Waals surface area contributed by atoms with E-state index in [0.29, 0.717) is 16.7 Å². The Bertz CT molecular complexity index is 2830. The van der Waals surface area contributed by atoms with Crippen molar-refractivity contribution in [2.75, 3.05) is 0 Å². The van der Waals surface area contributed by atoms with Gasteiger partial charge in [0.2, 0.25) is 0 Å². The Labute approximate surface area is 287 Å². The molecule has 0 N–H and O–H groups in total. The molecular weight excluding hydrogens is 611 g/mol. The molecule has 5 nitrogen and oxygen atoms in total. The molecule has 0 unspecified atom stereocenters. The fourth-order valence-corrected chi connectivity index (χ4v) is 7.32. The summed E-state index contributed by atoms with van der Waals surface area (Å²) in [4.78, 5) is 0. The second-order valence-electron chi connectivity index (χ2n) is 12.4. The van der Waals surface area contributed by atoms with E-state index in [2.05, 4.69) is 130 Å². The lowest BCUT2D eigenvalue weighted by Gasteiger charge is -2.15. The molecule has 2 heterocycles. The van der Waals surface area contributed by atoms with Crippen molar-refractivity contribution >= 4 is 43.6 Å². The van der Waals surface area contributed by atoms with Gasteiger partial charge in [0.15, 0.2) is 0 Å². The monoisotopic (exact) mass is 635 g/mol. The third kappa shape index (κ3) is 4.45. The van der Waals surface area contributed by atoms with Crippen LogP contribution >= 0.6 is 0 Å². The fraction of sp³-hybridized carbons (Fsp3) is 0. The topological polar surface area (TPSA) is 81.2 Å². The number of nitrogens with zero attached hydrogens (tertiary/aromatic N) is 5. The van der Waals surface area contributed by atoms with Crippen LogP contribution in [0.1, 0.15) is 16.7 Å². The molecule has 9 rings (SSSR count). The van der Waals surface area contributed by atoms with Crippen LogP contribution in [0.3, 0.4) is 0 Å². The molecule has 0 spiro atoms. The normalized spacial score (nSPS) is 11.1. The Hall–Kier alpha value is -7.39. The van der Waals surface area contributed by atoms with Crippen LogP contribution < -0.4 is 0 Å². The van der Waals surface area contributed by atoms with Crippen LogP contribution in [-0.4, -0.2) is 9.13 Å². The molecule has 0 aliphatic heterocycles. The van der Waals surface area contributed by atoms with E-state index in [1.807, 2.05) is 48.5 Å². The van der Waals surface area contributed by atoms with Crippen LogP contribution in [0.2, 0.25) is 0 Å². The van der Waals surface area contributed by atoms with Crippen molar-refractivity contribution in [2.24, 2.45) is 0 Å². The maximum Gasteiger partial charge on any atom is 0.0991 e. The zero-order valence-corrected chi connectivity index (χ0v) is 26.7. The molecule has 0 radical (unpaired) electrons. The first-order valence-electron chi connectivity index (χ1n) is 16.3. The van der Waals surface area contributed by atoms with Gasteiger partial charge >= 0.3 is 0 Å². The summed E-state index contributed by atoms with van der Waals surface area (Å²) >= 11 is 0. The van der Waals surface area contributed by atoms with E-state index in [4.69, 9.17) is 0 Å². The van der Waals surface area contributed by atoms with Gasteiger partial charge < -0.3 is 9.13 Å². The molecule has 0 atom stereocenters. The predicted octanol–water partition coefficient (Wildman–Crippen LogP) is 10.8. The Morgan fingerprint density at radius 3 is 1.48 bits per heavy atom. The first kappa shape index (κ1) is 28.8. The number of benzene rings is 7. The van der Waals surface area contributed by atoms with Crippen molar-refractivity contribution in [1.82, 2.24) is 9.13 Å². The molecule has 2 aromatic heterocycles. The molecule has 7 aromatic carbocycles. The van der Waals surface area contributed by atoms with Crippen molar-refractivity contribution in [3.8, 4) is 51.8 Å². The summed E-state index contributed by atoms with van der Waals surface area (Å²) in [7, 11) is 0. The molecule has 0 aliphatic carbocycles. The highest BCUT2D eigenvalue weighted by Gasteiger charge is 2.17. The van der Waals surface area contributed by atoms with Crippen molar-refractivity contribution in [3.63, 3.8) is 0 Å². The van der Waals surface area contributed by atoms with Gasteiger partial charge in [0.1, 0.15) is 0 Å². The van der Waals surface area contributed by atoms with Crippen LogP contribution in [0.5, 0.6) is 0 Å². The number of hydrogen-bond acceptors (Lipinski definition) is 3. The van der Waals surface area contributed by atoms with Gasteiger partial charge in [0.05, 0.1) is 62.7 Å². The number of fused-ring (bicyclic) bond motifs is 6. The summed E-state index contributed by atoms with van der Waals surface area (Å²) in [5.41, 5.74) is 12.0. The van der Waals surface area contributed by atoms with E-state index in [0.717, 1.165) is 66.5 Å². The highest BCUT2D eigenvalue weighted by atomic mass is 15.0. The maximum absolute atomic E-state index is 9.87. The van der Waals surface area contributed by atoms with Crippen molar-refractivity contribution in [2.45, 2.75) is 0 Å². The third-order valence-electron chi connectivity index (χ3n) is 9.60. The predicted molar refractivity (Wildman–Crippen MR) is 200 cm³/mol. The molecule has 230 valence electrons. The number of aromatic nitrogens is 2. The summed E-state index contributed by atoms with van der Waals surface area (Å²) < 4.78 is 4.49. The summed E-state index contributed by atoms with van der Waals surface area (Å²) in [6, 6.07) is 58.0. The lowest BCUT2D eigenvalue weighted by atomic mass is 9.97. The van der Waals surface area contributed by atoms with Crippen LogP contribution in [0.4, 0.5) is 0 Å². The molecule has 0 aliphatic rings. The zero-order chi connectivity index (χ0) is 33.8. The molecule has 0 bridgehead atoms. The summed E-state index contributed by atoms with van der Waals surface area (Å²) in [5, 5.41) is 33.3. The summed E-state index contributed by atoms with van der Waals surface area (Å²) in [6.45, 7) is 0. The second kappa shape index (κ2) is 11.4. The minimum atomic E-state index is 0.578. The molecule has 0 saturated heterocycles. The Morgan fingerprint density at radius 1 is 0.360 bits per heavy atom. The van der Waals surface area contributed by atoms with Gasteiger partial charge in [0, 0.05) is 32.8 Å². The Kier molecular flexibility index (Phi) is 6.56. The number of hydrogen-bond donors (Lipinski definition) is 0. The van der Waals surface area contributed by atoms with Crippen LogP contribution in [-0.2, 0) is 0 Å². The largest absolute Gasteiger partial charge is 0.309 e. The van der Waals surface area contributed by atoms with Crippen molar-refractivity contribution in [1.29, 1.82) is 15.8 Å². The van der Waals surface area contributed by atoms with Gasteiger partial charge in [0.25, 0.3) is 0 Å². The highest BCUT2D eigenvalue weighted by molar-refractivity contribution is 6.11. The Balaban J connectivity index is 1.16. The number of para-hydroxylation sites is 2. The number of nitriles is 3. The van der Waals surface area contributed by atoms with E-state index in [1.54, 1.807) is 0 Å². The fourth-order valence-electron chi connectivity index (χ4n) is 7.32. The molecule has 50 heavy (non-hydrogen) atoms. The van der Waals surface area contributed by atoms with E-state index in [1.165, 1.54) is 10.8 Å². The lowest BCUT2D eigenvalue weighted by Crippen LogP contribution is -1.98. The van der Waals surface area contributed by atoms with E-state index in [9.17, 15) is 15.8 Å². The molecule has 0 fully saturated rings. The van der Waals surface area contributed by atoms with Crippen LogP contribution in [0, 0.1) is 34.0 Å². The first-order valence-corrected chi connectivity index (χ1v) is 16.3. The van der Waals surface area contributed by atoms with Gasteiger partial charge in [-0.15, -0.1) is 0 Å². The van der Waals surface area contributed by atoms with E-state index < -0.39 is 0 Å². The maximum atomic E-state index is 9.87. The van der Waals surface area contributed by atoms with Crippen molar-refractivity contribution < 1.29 is 0 Å². The molecule has 0 amide bonds. The molecule has 0 saturated carbocycles. The molecular formula is C45H25N5. The van der Waals surface area contributed by atoms with Gasteiger partial charge in [-0.25, -0.2) is 0 Å². The second-order valence-corrected chi connectivity index (χ2v) is 12.4. The zero-order valence-electron chi connectivity index (χ0n) is 26.7. The number of rotatable bonds is 4.